The summed E-state index contributed by atoms with van der Waals surface area (Å²) in [5.74, 6) is -0.0537. The van der Waals surface area contributed by atoms with Crippen molar-refractivity contribution >= 4 is 11.9 Å². The van der Waals surface area contributed by atoms with Crippen LogP contribution in [0.1, 0.15) is 406 Å². The number of esters is 1. The molecule has 0 bridgehead atoms. The van der Waals surface area contributed by atoms with Crippen LogP contribution in [0.4, 0.5) is 0 Å². The van der Waals surface area contributed by atoms with Gasteiger partial charge in [-0.3, -0.25) is 9.59 Å². The number of aliphatic hydroxyl groups is 2. The first-order valence-electron chi connectivity index (χ1n) is 38.1. The first-order chi connectivity index (χ1) is 42.0. The van der Waals surface area contributed by atoms with Crippen molar-refractivity contribution in [3.63, 3.8) is 0 Å². The lowest BCUT2D eigenvalue weighted by atomic mass is 10.0. The fourth-order valence-electron chi connectivity index (χ4n) is 11.7. The van der Waals surface area contributed by atoms with Crippen molar-refractivity contribution in [1.82, 2.24) is 5.32 Å². The summed E-state index contributed by atoms with van der Waals surface area (Å²) in [5, 5.41) is 23.2. The van der Waals surface area contributed by atoms with E-state index in [0.717, 1.165) is 57.8 Å². The van der Waals surface area contributed by atoms with Gasteiger partial charge in [0.15, 0.2) is 0 Å². The monoisotopic (exact) mass is 1190 g/mol. The summed E-state index contributed by atoms with van der Waals surface area (Å²) in [6.45, 7) is 4.90. The second kappa shape index (κ2) is 74.0. The summed E-state index contributed by atoms with van der Waals surface area (Å²) in [6, 6.07) is -0.627. The molecule has 6 nitrogen and oxygen atoms in total. The van der Waals surface area contributed by atoms with E-state index in [9.17, 15) is 19.8 Å². The van der Waals surface area contributed by atoms with Crippen LogP contribution in [0, 0.1) is 0 Å². The van der Waals surface area contributed by atoms with Gasteiger partial charge in [-0.1, -0.05) is 357 Å². The lowest BCUT2D eigenvalue weighted by Gasteiger charge is -2.20. The summed E-state index contributed by atoms with van der Waals surface area (Å²) in [7, 11) is 0. The van der Waals surface area contributed by atoms with Gasteiger partial charge in [-0.15, -0.1) is 0 Å². The quantitative estimate of drug-likeness (QED) is 0.0320. The van der Waals surface area contributed by atoms with Crippen LogP contribution in [0.3, 0.4) is 0 Å². The van der Waals surface area contributed by atoms with Crippen molar-refractivity contribution in [2.45, 2.75) is 418 Å². The molecular formula is C79H147NO5. The van der Waals surface area contributed by atoms with E-state index in [1.54, 1.807) is 6.08 Å². The number of hydrogen-bond donors (Lipinski definition) is 3. The molecule has 0 radical (unpaired) electrons. The normalized spacial score (nSPS) is 12.8. The SMILES string of the molecule is CCCCC/C=C\C/C=C\CCCCCCCCCCCC(=O)OCCCCCCCCCCC/C=C\C/C=C\CCCCCCCCCCCCCCCCCCCC(=O)NC(CO)C(O)/C=C/CCCCCCCCCCCCCCCC. The van der Waals surface area contributed by atoms with Gasteiger partial charge >= 0.3 is 5.97 Å². The Kier molecular flexibility index (Phi) is 71.9. The Morgan fingerprint density at radius 3 is 0.918 bits per heavy atom. The Hall–Kier alpha value is -2.44. The summed E-state index contributed by atoms with van der Waals surface area (Å²) >= 11 is 0. The fourth-order valence-corrected chi connectivity index (χ4v) is 11.7. The summed E-state index contributed by atoms with van der Waals surface area (Å²) in [5.41, 5.74) is 0. The molecule has 2 atom stereocenters. The molecule has 0 aliphatic carbocycles. The number of rotatable bonds is 71. The molecule has 85 heavy (non-hydrogen) atoms. The Labute approximate surface area is 530 Å². The summed E-state index contributed by atoms with van der Waals surface area (Å²) in [4.78, 5) is 24.6. The molecule has 0 aliphatic heterocycles. The molecule has 0 spiro atoms. The van der Waals surface area contributed by atoms with Gasteiger partial charge in [0.1, 0.15) is 0 Å². The minimum Gasteiger partial charge on any atom is -0.466 e. The van der Waals surface area contributed by atoms with Crippen LogP contribution in [-0.2, 0) is 14.3 Å². The van der Waals surface area contributed by atoms with Crippen LogP contribution < -0.4 is 5.32 Å². The number of aliphatic hydroxyl groups excluding tert-OH is 2. The third-order valence-electron chi connectivity index (χ3n) is 17.5. The number of carbonyl (C=O) groups excluding carboxylic acids is 2. The number of carbonyl (C=O) groups is 2. The van der Waals surface area contributed by atoms with Gasteiger partial charge in [-0.2, -0.15) is 0 Å². The van der Waals surface area contributed by atoms with Gasteiger partial charge < -0.3 is 20.3 Å². The van der Waals surface area contributed by atoms with Crippen LogP contribution in [0.15, 0.2) is 60.8 Å². The molecule has 0 rings (SSSR count). The predicted molar refractivity (Wildman–Crippen MR) is 375 cm³/mol. The third-order valence-corrected chi connectivity index (χ3v) is 17.5. The Morgan fingerprint density at radius 1 is 0.329 bits per heavy atom. The van der Waals surface area contributed by atoms with Crippen LogP contribution >= 0.6 is 0 Å². The molecule has 6 heteroatoms. The van der Waals surface area contributed by atoms with Gasteiger partial charge in [0.2, 0.25) is 5.91 Å². The highest BCUT2D eigenvalue weighted by Gasteiger charge is 2.18. The Bertz CT molecular complexity index is 1470. The van der Waals surface area contributed by atoms with E-state index in [4.69, 9.17) is 4.74 Å². The van der Waals surface area contributed by atoms with Crippen molar-refractivity contribution in [2.75, 3.05) is 13.2 Å². The maximum absolute atomic E-state index is 12.5. The first-order valence-corrected chi connectivity index (χ1v) is 38.1. The van der Waals surface area contributed by atoms with Gasteiger partial charge in [-0.05, 0) is 96.3 Å². The van der Waals surface area contributed by atoms with Crippen molar-refractivity contribution < 1.29 is 24.5 Å². The number of allylic oxidation sites excluding steroid dienone is 9. The average Bonchev–Trinajstić information content (AvgIpc) is 3.51. The number of nitrogens with one attached hydrogen (secondary N) is 1. The van der Waals surface area contributed by atoms with E-state index in [2.05, 4.69) is 67.8 Å². The lowest BCUT2D eigenvalue weighted by molar-refractivity contribution is -0.143. The van der Waals surface area contributed by atoms with Crippen LogP contribution in [0.25, 0.3) is 0 Å². The van der Waals surface area contributed by atoms with Gasteiger partial charge in [0, 0.05) is 12.8 Å². The largest absolute Gasteiger partial charge is 0.466 e. The smallest absolute Gasteiger partial charge is 0.305 e. The summed E-state index contributed by atoms with van der Waals surface area (Å²) in [6.07, 6.45) is 99.0. The molecule has 0 aromatic rings. The predicted octanol–water partition coefficient (Wildman–Crippen LogP) is 25.0. The second-order valence-corrected chi connectivity index (χ2v) is 26.0. The van der Waals surface area contributed by atoms with Crippen molar-refractivity contribution in [3.8, 4) is 0 Å². The Balaban J connectivity index is 3.39. The van der Waals surface area contributed by atoms with E-state index in [1.165, 1.54) is 321 Å². The number of ether oxygens (including phenoxy) is 1. The molecule has 0 aliphatic rings. The van der Waals surface area contributed by atoms with E-state index < -0.39 is 12.1 Å². The molecule has 0 saturated heterocycles. The van der Waals surface area contributed by atoms with E-state index in [1.807, 2.05) is 6.08 Å². The minimum absolute atomic E-state index is 0.0102. The maximum Gasteiger partial charge on any atom is 0.305 e. The second-order valence-electron chi connectivity index (χ2n) is 26.0. The zero-order chi connectivity index (χ0) is 61.3. The Morgan fingerprint density at radius 2 is 0.588 bits per heavy atom. The van der Waals surface area contributed by atoms with Crippen LogP contribution in [0.2, 0.25) is 0 Å². The molecule has 498 valence electrons. The van der Waals surface area contributed by atoms with Crippen molar-refractivity contribution in [3.05, 3.63) is 60.8 Å². The number of hydrogen-bond acceptors (Lipinski definition) is 5. The molecule has 0 aromatic heterocycles. The van der Waals surface area contributed by atoms with Gasteiger partial charge in [0.05, 0.1) is 25.4 Å². The zero-order valence-corrected chi connectivity index (χ0v) is 57.1. The topological polar surface area (TPSA) is 95.9 Å². The van der Waals surface area contributed by atoms with E-state index in [0.29, 0.717) is 19.4 Å². The van der Waals surface area contributed by atoms with Crippen LogP contribution in [-0.4, -0.2) is 47.4 Å². The fraction of sp³-hybridized carbons (Fsp3) is 0.848. The minimum atomic E-state index is -0.844. The standard InChI is InChI=1S/C79H147NO5/c1-3-5-7-9-11-13-15-17-19-21-37-41-45-49-53-57-61-65-69-73-79(84)85-74-70-66-62-58-54-50-46-42-39-36-34-32-30-28-26-24-22-23-25-27-29-31-33-35-38-40-44-48-52-56-60-64-68-72-78(83)80-76(75-81)77(82)71-67-63-59-55-51-47-43-20-18-16-14-12-10-8-6-4-2/h11,13,17,19,26,28,32,34,67,71,76-77,81-82H,3-10,12,14-16,18,20-25,27,29-31,33,35-66,68-70,72-75H2,1-2H3,(H,80,83)/b13-11-,19-17-,28-26-,34-32-,71-67+. The highest BCUT2D eigenvalue weighted by Crippen LogP contribution is 2.18. The molecule has 1 amide bonds. The van der Waals surface area contributed by atoms with Crippen molar-refractivity contribution in [1.29, 1.82) is 0 Å². The highest BCUT2D eigenvalue weighted by molar-refractivity contribution is 5.76. The molecule has 2 unspecified atom stereocenters. The molecular weight excluding hydrogens is 1040 g/mol. The number of amides is 1. The molecule has 0 heterocycles. The van der Waals surface area contributed by atoms with Crippen LogP contribution in [0.5, 0.6) is 0 Å². The van der Waals surface area contributed by atoms with E-state index in [-0.39, 0.29) is 18.5 Å². The molecule has 0 fully saturated rings. The maximum atomic E-state index is 12.5. The highest BCUT2D eigenvalue weighted by atomic mass is 16.5. The average molecular weight is 1190 g/mol. The van der Waals surface area contributed by atoms with Gasteiger partial charge in [-0.25, -0.2) is 0 Å². The lowest BCUT2D eigenvalue weighted by Crippen LogP contribution is -2.45. The molecule has 0 aromatic carbocycles. The zero-order valence-electron chi connectivity index (χ0n) is 57.1. The third kappa shape index (κ3) is 70.5. The van der Waals surface area contributed by atoms with Gasteiger partial charge in [0.25, 0.3) is 0 Å². The molecule has 3 N–H and O–H groups in total. The van der Waals surface area contributed by atoms with E-state index >= 15 is 0 Å². The molecule has 0 saturated carbocycles. The van der Waals surface area contributed by atoms with Crippen molar-refractivity contribution in [2.24, 2.45) is 0 Å². The first kappa shape index (κ1) is 82.6. The summed E-state index contributed by atoms with van der Waals surface area (Å²) < 4.78 is 5.51. The number of unbranched alkanes of at least 4 members (excludes halogenated alkanes) is 52.